The van der Waals surface area contributed by atoms with Crippen molar-refractivity contribution >= 4 is 5.82 Å². The first-order valence-corrected chi connectivity index (χ1v) is 4.78. The quantitative estimate of drug-likeness (QED) is 0.794. The molecule has 78 valence electrons. The molecule has 4 heteroatoms. The molecule has 0 aliphatic heterocycles. The van der Waals surface area contributed by atoms with Gasteiger partial charge in [-0.2, -0.15) is 0 Å². The summed E-state index contributed by atoms with van der Waals surface area (Å²) >= 11 is 0. The van der Waals surface area contributed by atoms with E-state index >= 15 is 0 Å². The van der Waals surface area contributed by atoms with Gasteiger partial charge in [-0.25, -0.2) is 9.97 Å². The van der Waals surface area contributed by atoms with E-state index in [4.69, 9.17) is 4.74 Å². The van der Waals surface area contributed by atoms with Gasteiger partial charge in [0.1, 0.15) is 12.4 Å². The molecule has 0 amide bonds. The van der Waals surface area contributed by atoms with E-state index in [1.807, 2.05) is 27.8 Å². The number of nitrogens with zero attached hydrogens (tertiary/aromatic N) is 2. The third kappa shape index (κ3) is 2.42. The third-order valence-electron chi connectivity index (χ3n) is 2.11. The molecule has 1 aromatic rings. The molecule has 1 aromatic heterocycles. The molecule has 0 aliphatic carbocycles. The van der Waals surface area contributed by atoms with Gasteiger partial charge in [-0.1, -0.05) is 0 Å². The highest BCUT2D eigenvalue weighted by molar-refractivity contribution is 5.44. The molecule has 0 radical (unpaired) electrons. The summed E-state index contributed by atoms with van der Waals surface area (Å²) in [6.45, 7) is 7.11. The maximum Gasteiger partial charge on any atom is 0.156 e. The Labute approximate surface area is 84.7 Å². The lowest BCUT2D eigenvalue weighted by molar-refractivity contribution is 0.128. The van der Waals surface area contributed by atoms with Gasteiger partial charge in [0.25, 0.3) is 0 Å². The molecule has 0 fully saturated rings. The van der Waals surface area contributed by atoms with Crippen LogP contribution in [0.4, 0.5) is 5.82 Å². The normalized spacial score (nSPS) is 10.3. The summed E-state index contributed by atoms with van der Waals surface area (Å²) < 4.78 is 5.26. The summed E-state index contributed by atoms with van der Waals surface area (Å²) in [4.78, 5) is 8.68. The highest BCUT2D eigenvalue weighted by atomic mass is 16.5. The molecule has 0 saturated heterocycles. The molecule has 1 rings (SSSR count). The van der Waals surface area contributed by atoms with Crippen molar-refractivity contribution in [3.63, 3.8) is 0 Å². The van der Waals surface area contributed by atoms with Crippen molar-refractivity contribution in [1.82, 2.24) is 9.97 Å². The molecule has 0 unspecified atom stereocenters. The largest absolute Gasteiger partial charge is 0.374 e. The van der Waals surface area contributed by atoms with Crippen LogP contribution in [-0.2, 0) is 11.3 Å². The van der Waals surface area contributed by atoms with Gasteiger partial charge in [-0.15, -0.1) is 0 Å². The van der Waals surface area contributed by atoms with E-state index in [0.29, 0.717) is 13.2 Å². The van der Waals surface area contributed by atoms with E-state index in [2.05, 4.69) is 15.3 Å². The minimum absolute atomic E-state index is 0.478. The van der Waals surface area contributed by atoms with Crippen molar-refractivity contribution in [2.45, 2.75) is 27.4 Å². The van der Waals surface area contributed by atoms with Crippen molar-refractivity contribution in [2.24, 2.45) is 0 Å². The number of ether oxygens (including phenoxy) is 1. The number of rotatable bonds is 4. The smallest absolute Gasteiger partial charge is 0.156 e. The fourth-order valence-corrected chi connectivity index (χ4v) is 1.19. The van der Waals surface area contributed by atoms with E-state index in [-0.39, 0.29) is 0 Å². The third-order valence-corrected chi connectivity index (χ3v) is 2.11. The molecule has 0 atom stereocenters. The van der Waals surface area contributed by atoms with E-state index in [0.717, 1.165) is 22.9 Å². The maximum atomic E-state index is 5.26. The van der Waals surface area contributed by atoms with Crippen LogP contribution in [0.2, 0.25) is 0 Å². The lowest BCUT2D eigenvalue weighted by Crippen LogP contribution is -2.06. The SMILES string of the molecule is CCOCc1nc(C)c(C)c(NC)n1. The summed E-state index contributed by atoms with van der Waals surface area (Å²) in [5, 5.41) is 3.05. The Morgan fingerprint density at radius 3 is 2.57 bits per heavy atom. The highest BCUT2D eigenvalue weighted by Gasteiger charge is 2.05. The van der Waals surface area contributed by atoms with Crippen LogP contribution in [0.25, 0.3) is 0 Å². The van der Waals surface area contributed by atoms with Crippen molar-refractivity contribution in [1.29, 1.82) is 0 Å². The van der Waals surface area contributed by atoms with E-state index in [1.165, 1.54) is 0 Å². The summed E-state index contributed by atoms with van der Waals surface area (Å²) in [5.41, 5.74) is 2.09. The summed E-state index contributed by atoms with van der Waals surface area (Å²) in [6, 6.07) is 0. The van der Waals surface area contributed by atoms with Crippen LogP contribution >= 0.6 is 0 Å². The molecule has 0 bridgehead atoms. The Bertz CT molecular complexity index is 312. The van der Waals surface area contributed by atoms with E-state index in [9.17, 15) is 0 Å². The Morgan fingerprint density at radius 1 is 1.29 bits per heavy atom. The van der Waals surface area contributed by atoms with Crippen LogP contribution in [0.5, 0.6) is 0 Å². The predicted molar refractivity (Wildman–Crippen MR) is 56.4 cm³/mol. The first kappa shape index (κ1) is 10.9. The second-order valence-corrected chi connectivity index (χ2v) is 3.09. The van der Waals surface area contributed by atoms with Crippen molar-refractivity contribution in [2.75, 3.05) is 19.0 Å². The topological polar surface area (TPSA) is 47.0 Å². The molecular formula is C10H17N3O. The molecule has 0 aromatic carbocycles. The molecule has 0 spiro atoms. The van der Waals surface area contributed by atoms with Gasteiger partial charge in [-0.05, 0) is 20.8 Å². The fraction of sp³-hybridized carbons (Fsp3) is 0.600. The predicted octanol–water partition coefficient (Wildman–Crippen LogP) is 1.67. The minimum Gasteiger partial charge on any atom is -0.374 e. The van der Waals surface area contributed by atoms with Crippen LogP contribution in [0, 0.1) is 13.8 Å². The Balaban J connectivity index is 2.91. The van der Waals surface area contributed by atoms with Gasteiger partial charge >= 0.3 is 0 Å². The first-order chi connectivity index (χ1) is 6.69. The summed E-state index contributed by atoms with van der Waals surface area (Å²) in [6.07, 6.45) is 0. The molecule has 1 heterocycles. The molecule has 0 aliphatic rings. The maximum absolute atomic E-state index is 5.26. The van der Waals surface area contributed by atoms with Crippen LogP contribution in [0.15, 0.2) is 0 Å². The zero-order chi connectivity index (χ0) is 10.6. The molecule has 0 saturated carbocycles. The van der Waals surface area contributed by atoms with Gasteiger partial charge in [0, 0.05) is 24.9 Å². The second-order valence-electron chi connectivity index (χ2n) is 3.09. The second kappa shape index (κ2) is 4.91. The molecular weight excluding hydrogens is 178 g/mol. The number of aryl methyl sites for hydroxylation is 1. The van der Waals surface area contributed by atoms with Gasteiger partial charge in [-0.3, -0.25) is 0 Å². The molecule has 14 heavy (non-hydrogen) atoms. The van der Waals surface area contributed by atoms with Crippen LogP contribution in [0.3, 0.4) is 0 Å². The van der Waals surface area contributed by atoms with Crippen molar-refractivity contribution in [3.05, 3.63) is 17.1 Å². The van der Waals surface area contributed by atoms with E-state index < -0.39 is 0 Å². The first-order valence-electron chi connectivity index (χ1n) is 4.78. The zero-order valence-corrected chi connectivity index (χ0v) is 9.22. The number of anilines is 1. The zero-order valence-electron chi connectivity index (χ0n) is 9.22. The van der Waals surface area contributed by atoms with Crippen molar-refractivity contribution < 1.29 is 4.74 Å². The Hall–Kier alpha value is -1.16. The van der Waals surface area contributed by atoms with Gasteiger partial charge in [0.05, 0.1) is 0 Å². The molecule has 4 nitrogen and oxygen atoms in total. The average Bonchev–Trinajstić information content (AvgIpc) is 2.19. The monoisotopic (exact) mass is 195 g/mol. The van der Waals surface area contributed by atoms with Gasteiger partial charge in [0.15, 0.2) is 5.82 Å². The van der Waals surface area contributed by atoms with Gasteiger partial charge < -0.3 is 10.1 Å². The average molecular weight is 195 g/mol. The van der Waals surface area contributed by atoms with Crippen molar-refractivity contribution in [3.8, 4) is 0 Å². The number of nitrogens with one attached hydrogen (secondary N) is 1. The lowest BCUT2D eigenvalue weighted by atomic mass is 10.2. The summed E-state index contributed by atoms with van der Waals surface area (Å²) in [5.74, 6) is 1.62. The minimum atomic E-state index is 0.478. The van der Waals surface area contributed by atoms with E-state index in [1.54, 1.807) is 0 Å². The van der Waals surface area contributed by atoms with Crippen LogP contribution in [0.1, 0.15) is 24.0 Å². The fourth-order valence-electron chi connectivity index (χ4n) is 1.19. The highest BCUT2D eigenvalue weighted by Crippen LogP contribution is 2.14. The number of aromatic nitrogens is 2. The Morgan fingerprint density at radius 2 is 2.00 bits per heavy atom. The lowest BCUT2D eigenvalue weighted by Gasteiger charge is -2.09. The van der Waals surface area contributed by atoms with Gasteiger partial charge in [0.2, 0.25) is 0 Å². The standard InChI is InChI=1S/C10H17N3O/c1-5-14-6-9-12-8(3)7(2)10(11-4)13-9/h5-6H2,1-4H3,(H,11,12,13). The molecule has 1 N–H and O–H groups in total. The van der Waals surface area contributed by atoms with Crippen LogP contribution in [-0.4, -0.2) is 23.6 Å². The Kier molecular flexibility index (Phi) is 3.83. The number of hydrogen-bond acceptors (Lipinski definition) is 4. The number of hydrogen-bond donors (Lipinski definition) is 1. The van der Waals surface area contributed by atoms with Crippen LogP contribution < -0.4 is 5.32 Å². The summed E-state index contributed by atoms with van der Waals surface area (Å²) in [7, 11) is 1.86.